The monoisotopic (exact) mass is 359 g/mol. The Kier molecular flexibility index (Phi) is 6.74. The van der Waals surface area contributed by atoms with E-state index in [0.29, 0.717) is 41.1 Å². The normalized spacial score (nSPS) is 10.5. The average molecular weight is 359 g/mol. The predicted molar refractivity (Wildman–Crippen MR) is 100 cm³/mol. The number of rotatable bonds is 8. The van der Waals surface area contributed by atoms with Gasteiger partial charge in [0.15, 0.2) is 0 Å². The molecule has 8 nitrogen and oxygen atoms in total. The number of hydrogen-bond acceptors (Lipinski definition) is 7. The van der Waals surface area contributed by atoms with Crippen LogP contribution in [0.1, 0.15) is 16.2 Å². The highest BCUT2D eigenvalue weighted by molar-refractivity contribution is 5.92. The number of anilines is 2. The Morgan fingerprint density at radius 2 is 1.92 bits per heavy atom. The van der Waals surface area contributed by atoms with Crippen molar-refractivity contribution >= 4 is 17.5 Å². The van der Waals surface area contributed by atoms with Crippen molar-refractivity contribution in [3.8, 4) is 11.5 Å². The SMILES string of the molecule is COc1ccc(OC)c(Nc2nc(C)cc(C(=O)NCCN(C)C)n2)c1. The molecule has 0 radical (unpaired) electrons. The second kappa shape index (κ2) is 9.00. The standard InChI is InChI=1S/C18H25N5O3/c1-12-10-15(17(24)19-8-9-23(2)3)22-18(20-12)21-14-11-13(25-4)6-7-16(14)26-5/h6-7,10-11H,8-9H2,1-5H3,(H,19,24)(H,20,21,22). The lowest BCUT2D eigenvalue weighted by Gasteiger charge is -2.13. The van der Waals surface area contributed by atoms with Gasteiger partial charge in [0.2, 0.25) is 5.95 Å². The first kappa shape index (κ1) is 19.5. The number of carbonyl (C=O) groups excluding carboxylic acids is 1. The first-order valence-corrected chi connectivity index (χ1v) is 8.20. The number of likely N-dealkylation sites (N-methyl/N-ethyl adjacent to an activating group) is 1. The van der Waals surface area contributed by atoms with Crippen LogP contribution in [-0.4, -0.2) is 62.2 Å². The van der Waals surface area contributed by atoms with Crippen LogP contribution < -0.4 is 20.1 Å². The second-order valence-electron chi connectivity index (χ2n) is 5.97. The maximum absolute atomic E-state index is 12.3. The molecule has 0 aliphatic rings. The van der Waals surface area contributed by atoms with Gasteiger partial charge in [-0.05, 0) is 39.2 Å². The zero-order chi connectivity index (χ0) is 19.1. The van der Waals surface area contributed by atoms with Crippen LogP contribution in [0.4, 0.5) is 11.6 Å². The third-order valence-electron chi connectivity index (χ3n) is 3.58. The molecule has 1 aromatic heterocycles. The van der Waals surface area contributed by atoms with Crippen molar-refractivity contribution in [2.45, 2.75) is 6.92 Å². The summed E-state index contributed by atoms with van der Waals surface area (Å²) in [4.78, 5) is 23.0. The van der Waals surface area contributed by atoms with Gasteiger partial charge in [-0.15, -0.1) is 0 Å². The van der Waals surface area contributed by atoms with Gasteiger partial charge >= 0.3 is 0 Å². The molecule has 2 N–H and O–H groups in total. The molecule has 0 unspecified atom stereocenters. The molecule has 26 heavy (non-hydrogen) atoms. The van der Waals surface area contributed by atoms with Crippen molar-refractivity contribution in [2.24, 2.45) is 0 Å². The Morgan fingerprint density at radius 1 is 1.15 bits per heavy atom. The van der Waals surface area contributed by atoms with Crippen LogP contribution in [0.5, 0.6) is 11.5 Å². The van der Waals surface area contributed by atoms with Gasteiger partial charge in [0.05, 0.1) is 19.9 Å². The molecule has 0 spiro atoms. The summed E-state index contributed by atoms with van der Waals surface area (Å²) in [6, 6.07) is 7.01. The summed E-state index contributed by atoms with van der Waals surface area (Å²) in [7, 11) is 7.06. The van der Waals surface area contributed by atoms with Gasteiger partial charge < -0.3 is 25.0 Å². The fourth-order valence-electron chi connectivity index (χ4n) is 2.26. The Hall–Kier alpha value is -2.87. The molecule has 0 aliphatic heterocycles. The molecular formula is C18H25N5O3. The highest BCUT2D eigenvalue weighted by Crippen LogP contribution is 2.30. The molecule has 2 rings (SSSR count). The first-order valence-electron chi connectivity index (χ1n) is 8.20. The number of aromatic nitrogens is 2. The van der Waals surface area contributed by atoms with Gasteiger partial charge in [0.1, 0.15) is 17.2 Å². The zero-order valence-corrected chi connectivity index (χ0v) is 15.8. The van der Waals surface area contributed by atoms with Crippen molar-refractivity contribution in [2.75, 3.05) is 46.7 Å². The van der Waals surface area contributed by atoms with Gasteiger partial charge in [-0.1, -0.05) is 0 Å². The van der Waals surface area contributed by atoms with Crippen molar-refractivity contribution in [3.63, 3.8) is 0 Å². The molecule has 1 amide bonds. The van der Waals surface area contributed by atoms with E-state index in [0.717, 1.165) is 6.54 Å². The molecule has 140 valence electrons. The number of amides is 1. The first-order chi connectivity index (χ1) is 12.4. The number of hydrogen-bond donors (Lipinski definition) is 2. The largest absolute Gasteiger partial charge is 0.497 e. The van der Waals surface area contributed by atoms with E-state index in [-0.39, 0.29) is 5.91 Å². The Bertz CT molecular complexity index is 764. The molecule has 1 heterocycles. The number of nitrogens with zero attached hydrogens (tertiary/aromatic N) is 3. The molecule has 0 bridgehead atoms. The van der Waals surface area contributed by atoms with E-state index < -0.39 is 0 Å². The molecule has 0 saturated heterocycles. The smallest absolute Gasteiger partial charge is 0.270 e. The lowest BCUT2D eigenvalue weighted by Crippen LogP contribution is -2.32. The van der Waals surface area contributed by atoms with E-state index in [4.69, 9.17) is 9.47 Å². The molecule has 0 saturated carbocycles. The molecule has 2 aromatic rings. The minimum Gasteiger partial charge on any atom is -0.497 e. The van der Waals surface area contributed by atoms with E-state index in [9.17, 15) is 4.79 Å². The molecule has 1 aromatic carbocycles. The summed E-state index contributed by atoms with van der Waals surface area (Å²) in [5.74, 6) is 1.36. The van der Waals surface area contributed by atoms with E-state index in [2.05, 4.69) is 20.6 Å². The number of nitrogens with one attached hydrogen (secondary N) is 2. The second-order valence-corrected chi connectivity index (χ2v) is 5.97. The van der Waals surface area contributed by atoms with E-state index in [1.807, 2.05) is 25.9 Å². The Morgan fingerprint density at radius 3 is 2.58 bits per heavy atom. The van der Waals surface area contributed by atoms with Crippen LogP contribution in [0.2, 0.25) is 0 Å². The maximum atomic E-state index is 12.3. The predicted octanol–water partition coefficient (Wildman–Crippen LogP) is 1.84. The molecule has 8 heteroatoms. The average Bonchev–Trinajstić information content (AvgIpc) is 2.60. The maximum Gasteiger partial charge on any atom is 0.270 e. The zero-order valence-electron chi connectivity index (χ0n) is 15.8. The third kappa shape index (κ3) is 5.32. The fourth-order valence-corrected chi connectivity index (χ4v) is 2.26. The van der Waals surface area contributed by atoms with Crippen LogP contribution in [-0.2, 0) is 0 Å². The van der Waals surface area contributed by atoms with Crippen LogP contribution in [0.3, 0.4) is 0 Å². The van der Waals surface area contributed by atoms with Crippen molar-refractivity contribution in [1.82, 2.24) is 20.2 Å². The number of carbonyl (C=O) groups is 1. The quantitative estimate of drug-likeness (QED) is 0.743. The highest BCUT2D eigenvalue weighted by atomic mass is 16.5. The number of benzene rings is 1. The Balaban J connectivity index is 2.20. The minimum absolute atomic E-state index is 0.238. The number of ether oxygens (including phenoxy) is 2. The minimum atomic E-state index is -0.238. The van der Waals surface area contributed by atoms with Gasteiger partial charge in [0, 0.05) is 24.8 Å². The van der Waals surface area contributed by atoms with Crippen molar-refractivity contribution in [1.29, 1.82) is 0 Å². The summed E-state index contributed by atoms with van der Waals surface area (Å²) in [6.07, 6.45) is 0. The molecular weight excluding hydrogens is 334 g/mol. The summed E-state index contributed by atoms with van der Waals surface area (Å²) in [5.41, 5.74) is 1.64. The summed E-state index contributed by atoms with van der Waals surface area (Å²) in [6.45, 7) is 3.11. The van der Waals surface area contributed by atoms with Crippen LogP contribution in [0.25, 0.3) is 0 Å². The highest BCUT2D eigenvalue weighted by Gasteiger charge is 2.12. The van der Waals surface area contributed by atoms with E-state index in [1.165, 1.54) is 0 Å². The third-order valence-corrected chi connectivity index (χ3v) is 3.58. The Labute approximate surface area is 153 Å². The topological polar surface area (TPSA) is 88.6 Å². The van der Waals surface area contributed by atoms with Crippen LogP contribution in [0.15, 0.2) is 24.3 Å². The van der Waals surface area contributed by atoms with Crippen molar-refractivity contribution in [3.05, 3.63) is 35.7 Å². The summed E-state index contributed by atoms with van der Waals surface area (Å²) < 4.78 is 10.6. The van der Waals surface area contributed by atoms with Gasteiger partial charge in [0.25, 0.3) is 5.91 Å². The molecule has 0 aliphatic carbocycles. The molecule has 0 fully saturated rings. The van der Waals surface area contributed by atoms with Crippen molar-refractivity contribution < 1.29 is 14.3 Å². The lowest BCUT2D eigenvalue weighted by molar-refractivity contribution is 0.0946. The van der Waals surface area contributed by atoms with Crippen LogP contribution >= 0.6 is 0 Å². The fraction of sp³-hybridized carbons (Fsp3) is 0.389. The summed E-state index contributed by atoms with van der Waals surface area (Å²) in [5, 5.41) is 5.94. The van der Waals surface area contributed by atoms with Gasteiger partial charge in [-0.3, -0.25) is 4.79 Å². The number of aryl methyl sites for hydroxylation is 1. The van der Waals surface area contributed by atoms with Crippen LogP contribution in [0, 0.1) is 6.92 Å². The molecule has 0 atom stereocenters. The van der Waals surface area contributed by atoms with Gasteiger partial charge in [-0.25, -0.2) is 9.97 Å². The summed E-state index contributed by atoms with van der Waals surface area (Å²) >= 11 is 0. The lowest BCUT2D eigenvalue weighted by atomic mass is 10.2. The van der Waals surface area contributed by atoms with E-state index >= 15 is 0 Å². The van der Waals surface area contributed by atoms with E-state index in [1.54, 1.807) is 38.5 Å². The number of methoxy groups -OCH3 is 2. The van der Waals surface area contributed by atoms with Gasteiger partial charge in [-0.2, -0.15) is 0 Å².